The third-order valence-corrected chi connectivity index (χ3v) is 3.35. The summed E-state index contributed by atoms with van der Waals surface area (Å²) in [6.45, 7) is 0.00312. The summed E-state index contributed by atoms with van der Waals surface area (Å²) in [5.41, 5.74) is 2.79. The van der Waals surface area contributed by atoms with Gasteiger partial charge in [0, 0.05) is 17.0 Å². The molecule has 6 heteroatoms. The molecular formula is C14H11ClN2O2S. The number of aromatic nitrogens is 1. The zero-order valence-electron chi connectivity index (χ0n) is 10.4. The van der Waals surface area contributed by atoms with Gasteiger partial charge in [-0.25, -0.2) is 0 Å². The van der Waals surface area contributed by atoms with Gasteiger partial charge in [-0.05, 0) is 18.2 Å². The molecule has 1 heterocycles. The molecule has 0 aliphatic carbocycles. The molecule has 0 saturated heterocycles. The van der Waals surface area contributed by atoms with Crippen LogP contribution >= 0.6 is 22.9 Å². The maximum Gasteiger partial charge on any atom is 0.267 e. The molecule has 102 valence electrons. The van der Waals surface area contributed by atoms with E-state index >= 15 is 0 Å². The average molecular weight is 307 g/mol. The second kappa shape index (κ2) is 7.06. The number of thiazole rings is 1. The number of aliphatic hydroxyl groups excluding tert-OH is 1. The van der Waals surface area contributed by atoms with Gasteiger partial charge in [-0.2, -0.15) is 0 Å². The highest BCUT2D eigenvalue weighted by Gasteiger charge is 2.10. The molecule has 1 amide bonds. The Kier molecular flexibility index (Phi) is 5.13. The van der Waals surface area contributed by atoms with Crippen molar-refractivity contribution in [2.75, 3.05) is 11.9 Å². The van der Waals surface area contributed by atoms with Crippen LogP contribution in [0.1, 0.15) is 21.7 Å². The molecule has 0 saturated carbocycles. The number of hydrogen-bond acceptors (Lipinski definition) is 4. The van der Waals surface area contributed by atoms with Crippen LogP contribution in [0.3, 0.4) is 0 Å². The summed E-state index contributed by atoms with van der Waals surface area (Å²) in [5.74, 6) is 5.46. The van der Waals surface area contributed by atoms with Crippen LogP contribution < -0.4 is 5.32 Å². The first-order valence-corrected chi connectivity index (χ1v) is 7.05. The molecule has 2 rings (SSSR count). The van der Waals surface area contributed by atoms with Gasteiger partial charge in [0.25, 0.3) is 5.91 Å². The fraction of sp³-hybridized carbons (Fsp3) is 0.143. The standard InChI is InChI=1S/C14H11ClN2O2S/c15-11-5-4-10(3-1-2-6-18)12(7-11)17-14(19)13-8-16-9-20-13/h4-5,7-9,18H,2,6H2,(H,17,19). The predicted molar refractivity (Wildman–Crippen MR) is 80.1 cm³/mol. The SMILES string of the molecule is O=C(Nc1cc(Cl)ccc1C#CCCO)c1cncs1. The topological polar surface area (TPSA) is 62.2 Å². The second-order valence-corrected chi connectivity index (χ2v) is 5.11. The van der Waals surface area contributed by atoms with Crippen LogP contribution in [0.25, 0.3) is 0 Å². The Hall–Kier alpha value is -1.87. The van der Waals surface area contributed by atoms with Gasteiger partial charge < -0.3 is 10.4 Å². The molecule has 0 atom stereocenters. The van der Waals surface area contributed by atoms with Crippen LogP contribution in [-0.2, 0) is 0 Å². The number of hydrogen-bond donors (Lipinski definition) is 2. The third-order valence-electron chi connectivity index (χ3n) is 2.35. The van der Waals surface area contributed by atoms with E-state index in [1.165, 1.54) is 17.5 Å². The summed E-state index contributed by atoms with van der Waals surface area (Å²) >= 11 is 7.19. The van der Waals surface area contributed by atoms with Gasteiger partial charge in [0.15, 0.2) is 0 Å². The van der Waals surface area contributed by atoms with Crippen LogP contribution in [0.4, 0.5) is 5.69 Å². The lowest BCUT2D eigenvalue weighted by molar-refractivity contribution is 0.103. The fourth-order valence-electron chi connectivity index (χ4n) is 1.45. The quantitative estimate of drug-likeness (QED) is 0.857. The van der Waals surface area contributed by atoms with Crippen molar-refractivity contribution in [2.45, 2.75) is 6.42 Å². The lowest BCUT2D eigenvalue weighted by Crippen LogP contribution is -2.11. The predicted octanol–water partition coefficient (Wildman–Crippen LogP) is 2.78. The maximum atomic E-state index is 12.0. The summed E-state index contributed by atoms with van der Waals surface area (Å²) < 4.78 is 0. The number of nitrogens with zero attached hydrogens (tertiary/aromatic N) is 1. The number of carbonyl (C=O) groups excluding carboxylic acids is 1. The van der Waals surface area contributed by atoms with E-state index in [0.717, 1.165) is 0 Å². The Morgan fingerprint density at radius 3 is 3.05 bits per heavy atom. The average Bonchev–Trinajstić information content (AvgIpc) is 2.95. The first-order valence-electron chi connectivity index (χ1n) is 5.80. The van der Waals surface area contributed by atoms with Crippen LogP contribution in [0.2, 0.25) is 5.02 Å². The second-order valence-electron chi connectivity index (χ2n) is 3.79. The highest BCUT2D eigenvalue weighted by atomic mass is 35.5. The van der Waals surface area contributed by atoms with Gasteiger partial charge in [-0.1, -0.05) is 23.4 Å². The third kappa shape index (κ3) is 3.81. The van der Waals surface area contributed by atoms with Crippen LogP contribution in [0.15, 0.2) is 29.9 Å². The van der Waals surface area contributed by atoms with Gasteiger partial charge >= 0.3 is 0 Å². The molecule has 1 aromatic carbocycles. The van der Waals surface area contributed by atoms with Gasteiger partial charge in [0.05, 0.1) is 24.0 Å². The van der Waals surface area contributed by atoms with Crippen LogP contribution in [0, 0.1) is 11.8 Å². The van der Waals surface area contributed by atoms with E-state index in [4.69, 9.17) is 16.7 Å². The number of anilines is 1. The van der Waals surface area contributed by atoms with Gasteiger partial charge in [0.1, 0.15) is 4.88 Å². The van der Waals surface area contributed by atoms with Crippen LogP contribution in [-0.4, -0.2) is 22.6 Å². The van der Waals surface area contributed by atoms with Crippen molar-refractivity contribution in [1.29, 1.82) is 0 Å². The molecule has 2 aromatic rings. The largest absolute Gasteiger partial charge is 0.395 e. The Labute approximate surface area is 125 Å². The zero-order valence-corrected chi connectivity index (χ0v) is 12.0. The molecule has 4 nitrogen and oxygen atoms in total. The van der Waals surface area contributed by atoms with E-state index in [-0.39, 0.29) is 12.5 Å². The smallest absolute Gasteiger partial charge is 0.267 e. The minimum atomic E-state index is -0.250. The summed E-state index contributed by atoms with van der Waals surface area (Å²) in [4.78, 5) is 16.4. The number of benzene rings is 1. The van der Waals surface area contributed by atoms with Crippen molar-refractivity contribution in [3.05, 3.63) is 45.4 Å². The van der Waals surface area contributed by atoms with Crippen molar-refractivity contribution >= 4 is 34.5 Å². The van der Waals surface area contributed by atoms with E-state index in [9.17, 15) is 4.79 Å². The summed E-state index contributed by atoms with van der Waals surface area (Å²) in [6.07, 6.45) is 1.88. The molecule has 1 aromatic heterocycles. The minimum Gasteiger partial charge on any atom is -0.395 e. The first-order chi connectivity index (χ1) is 9.70. The number of nitrogens with one attached hydrogen (secondary N) is 1. The summed E-state index contributed by atoms with van der Waals surface area (Å²) in [6, 6.07) is 5.07. The minimum absolute atomic E-state index is 0.00312. The summed E-state index contributed by atoms with van der Waals surface area (Å²) in [7, 11) is 0. The van der Waals surface area contributed by atoms with E-state index in [1.54, 1.807) is 23.7 Å². The molecule has 0 unspecified atom stereocenters. The Morgan fingerprint density at radius 1 is 1.50 bits per heavy atom. The maximum absolute atomic E-state index is 12.0. The molecular weight excluding hydrogens is 296 g/mol. The van der Waals surface area contributed by atoms with Crippen molar-refractivity contribution < 1.29 is 9.90 Å². The van der Waals surface area contributed by atoms with Crippen LogP contribution in [0.5, 0.6) is 0 Å². The van der Waals surface area contributed by atoms with Gasteiger partial charge in [0.2, 0.25) is 0 Å². The zero-order chi connectivity index (χ0) is 14.4. The highest BCUT2D eigenvalue weighted by molar-refractivity contribution is 7.11. The van der Waals surface area contributed by atoms with Crippen molar-refractivity contribution in [2.24, 2.45) is 0 Å². The number of rotatable bonds is 3. The van der Waals surface area contributed by atoms with Crippen molar-refractivity contribution in [1.82, 2.24) is 4.98 Å². The molecule has 0 aliphatic rings. The monoisotopic (exact) mass is 306 g/mol. The van der Waals surface area contributed by atoms with Gasteiger partial charge in [-0.3, -0.25) is 9.78 Å². The van der Waals surface area contributed by atoms with E-state index in [0.29, 0.717) is 27.6 Å². The first kappa shape index (κ1) is 14.5. The van der Waals surface area contributed by atoms with E-state index in [2.05, 4.69) is 22.1 Å². The Bertz CT molecular complexity index is 660. The fourth-order valence-corrected chi connectivity index (χ4v) is 2.14. The lowest BCUT2D eigenvalue weighted by atomic mass is 10.1. The Balaban J connectivity index is 2.24. The van der Waals surface area contributed by atoms with Gasteiger partial charge in [-0.15, -0.1) is 11.3 Å². The van der Waals surface area contributed by atoms with Crippen molar-refractivity contribution in [3.63, 3.8) is 0 Å². The molecule has 0 spiro atoms. The number of carbonyl (C=O) groups is 1. The molecule has 20 heavy (non-hydrogen) atoms. The Morgan fingerprint density at radius 2 is 2.35 bits per heavy atom. The molecule has 2 N–H and O–H groups in total. The molecule has 0 aliphatic heterocycles. The molecule has 0 fully saturated rings. The number of aliphatic hydroxyl groups is 1. The normalized spacial score (nSPS) is 9.70. The molecule has 0 bridgehead atoms. The lowest BCUT2D eigenvalue weighted by Gasteiger charge is -2.06. The highest BCUT2D eigenvalue weighted by Crippen LogP contribution is 2.21. The number of amides is 1. The van der Waals surface area contributed by atoms with E-state index < -0.39 is 0 Å². The van der Waals surface area contributed by atoms with Crippen molar-refractivity contribution in [3.8, 4) is 11.8 Å². The van der Waals surface area contributed by atoms with E-state index in [1.807, 2.05) is 0 Å². The summed E-state index contributed by atoms with van der Waals surface area (Å²) in [5, 5.41) is 12.0. The molecule has 0 radical (unpaired) electrons. The number of halogens is 1.